The van der Waals surface area contributed by atoms with Gasteiger partial charge < -0.3 is 53.5 Å². The molecule has 7 saturated carbocycles. The minimum atomic E-state index is -4.41. The van der Waals surface area contributed by atoms with E-state index in [1.54, 1.807) is 0 Å². The molecule has 0 atom stereocenters. The van der Waals surface area contributed by atoms with E-state index in [2.05, 4.69) is 20.0 Å². The van der Waals surface area contributed by atoms with Crippen molar-refractivity contribution in [3.63, 3.8) is 0 Å². The largest absolute Gasteiger partial charge is 0.646 e. The predicted molar refractivity (Wildman–Crippen MR) is 253 cm³/mol. The van der Waals surface area contributed by atoms with Crippen molar-refractivity contribution in [2.24, 2.45) is 0 Å². The third-order valence-electron chi connectivity index (χ3n) is 17.9. The van der Waals surface area contributed by atoms with Crippen molar-refractivity contribution in [3.05, 3.63) is 0 Å². The molecule has 0 radical (unpaired) electrons. The molecule has 7 aliphatic carbocycles. The first-order chi connectivity index (χ1) is 30.5. The highest BCUT2D eigenvalue weighted by molar-refractivity contribution is 7.04. The molecule has 6 saturated heterocycles. The fraction of sp³-hybridized carbons (Fsp3) is 1.00. The van der Waals surface area contributed by atoms with Gasteiger partial charge in [0.15, 0.2) is 8.32 Å². The maximum atomic E-state index is 8.49. The molecule has 6 aliphatic heterocycles. The minimum Gasteiger partial charge on any atom is -0.395 e. The molecule has 0 N–H and O–H groups in total. The van der Waals surface area contributed by atoms with E-state index in [1.165, 1.54) is 0 Å². The Morgan fingerprint density at radius 1 is 0.333 bits per heavy atom. The standard InChI is InChI=1S/C41H78O13Si9/c1-4-5-34-55(2,3)42-63-52-60(39-28-14-15-29-39)46-57(36-22-8-9-23-36)43-56(35-20-6-7-21-35)44-58(48-60,37-24-10-11-25-37)50-62(54-63,41-32-18-19-33-41)51-59(45-56,38-26-12-13-27-38)49-61(47-57,53-63)40-30-16-17-31-40/h35-41H,4-34H2,1-3H3. The Labute approximate surface area is 387 Å². The van der Waals surface area contributed by atoms with Crippen LogP contribution in [0.15, 0.2) is 0 Å². The Kier molecular flexibility index (Phi) is 12.3. The second-order valence-electron chi connectivity index (χ2n) is 22.8. The highest BCUT2D eigenvalue weighted by Crippen LogP contribution is 2.66. The van der Waals surface area contributed by atoms with Gasteiger partial charge in [-0.2, -0.15) is 0 Å². The lowest BCUT2D eigenvalue weighted by molar-refractivity contribution is -0.0610. The molecule has 356 valence electrons. The van der Waals surface area contributed by atoms with Crippen LogP contribution in [0, 0.1) is 0 Å². The zero-order valence-electron chi connectivity index (χ0n) is 38.8. The van der Waals surface area contributed by atoms with Gasteiger partial charge in [-0.15, -0.1) is 0 Å². The number of hydrogen-bond acceptors (Lipinski definition) is 13. The summed E-state index contributed by atoms with van der Waals surface area (Å²) in [6.45, 7) is 6.94. The summed E-state index contributed by atoms with van der Waals surface area (Å²) in [5.41, 5.74) is 0.220. The van der Waals surface area contributed by atoms with E-state index in [0.29, 0.717) is 0 Å². The molecule has 63 heavy (non-hydrogen) atoms. The normalized spacial score (nSPS) is 47.3. The fourth-order valence-electron chi connectivity index (χ4n) is 14.6. The van der Waals surface area contributed by atoms with Crippen molar-refractivity contribution < 1.29 is 53.5 Å². The van der Waals surface area contributed by atoms with Crippen molar-refractivity contribution in [2.75, 3.05) is 0 Å². The second kappa shape index (κ2) is 17.0. The summed E-state index contributed by atoms with van der Waals surface area (Å²) in [5, 5.41) is 0. The Morgan fingerprint density at radius 2 is 0.524 bits per heavy atom. The van der Waals surface area contributed by atoms with Crippen molar-refractivity contribution >= 4 is 79.0 Å². The molecule has 8 bridgehead atoms. The van der Waals surface area contributed by atoms with E-state index >= 15 is 0 Å². The first kappa shape index (κ1) is 45.6. The zero-order chi connectivity index (χ0) is 42.7. The van der Waals surface area contributed by atoms with Gasteiger partial charge in [-0.1, -0.05) is 110 Å². The lowest BCUT2D eigenvalue weighted by Gasteiger charge is -2.66. The molecule has 0 unspecified atom stereocenters. The van der Waals surface area contributed by atoms with Crippen molar-refractivity contribution in [1.82, 2.24) is 0 Å². The molecular formula is C41H78O13Si9. The Balaban J connectivity index is 1.18. The summed E-state index contributed by atoms with van der Waals surface area (Å²) in [5.74, 6) is 0. The predicted octanol–water partition coefficient (Wildman–Crippen LogP) is 11.9. The summed E-state index contributed by atoms with van der Waals surface area (Å²) < 4.78 is 109. The SMILES string of the molecule is CCCC[Si](C)(C)O[Si]12O[Si]3(C4CCCC4)O[Si]4(C5CCCC5)O[Si](C5CCCC5)(O1)O[Si]1(C5CCCC5)O[Si](C5CCCC5)(O2)O[Si](C2CCCC2)(O3)O[Si](C2CCCC2)(O4)O1. The van der Waals surface area contributed by atoms with Crippen LogP contribution in [0.2, 0.25) is 57.9 Å². The third-order valence-corrected chi connectivity index (χ3v) is 60.6. The minimum absolute atomic E-state index is 0.00378. The Bertz CT molecular complexity index is 1480. The van der Waals surface area contributed by atoms with Gasteiger partial charge in [-0.25, -0.2) is 0 Å². The van der Waals surface area contributed by atoms with E-state index < -0.39 is 79.0 Å². The molecule has 0 aromatic carbocycles. The topological polar surface area (TPSA) is 120 Å². The molecule has 22 heteroatoms. The molecule has 13 nitrogen and oxygen atoms in total. The van der Waals surface area contributed by atoms with Gasteiger partial charge in [-0.3, -0.25) is 0 Å². The van der Waals surface area contributed by atoms with Gasteiger partial charge in [0.1, 0.15) is 0 Å². The van der Waals surface area contributed by atoms with Crippen LogP contribution in [0.5, 0.6) is 0 Å². The molecule has 0 aromatic heterocycles. The van der Waals surface area contributed by atoms with Crippen LogP contribution < -0.4 is 0 Å². The van der Waals surface area contributed by atoms with Crippen LogP contribution in [0.25, 0.3) is 0 Å². The van der Waals surface area contributed by atoms with E-state index in [0.717, 1.165) is 199 Å². The first-order valence-corrected chi connectivity index (χ1v) is 44.0. The number of hydrogen-bond donors (Lipinski definition) is 0. The Hall–Kier alpha value is 1.43. The second-order valence-corrected chi connectivity index (χ2v) is 52.6. The van der Waals surface area contributed by atoms with Gasteiger partial charge in [0, 0.05) is 38.8 Å². The van der Waals surface area contributed by atoms with Gasteiger partial charge in [0.05, 0.1) is 0 Å². The van der Waals surface area contributed by atoms with Crippen LogP contribution in [0.1, 0.15) is 200 Å². The van der Waals surface area contributed by atoms with Crippen LogP contribution in [-0.4, -0.2) is 79.0 Å². The fourth-order valence-corrected chi connectivity index (χ4v) is 73.8. The Morgan fingerprint density at radius 3 is 0.714 bits per heavy atom. The number of unbranched alkanes of at least 4 members (excludes halogenated alkanes) is 1. The summed E-state index contributed by atoms with van der Waals surface area (Å²) >= 11 is 0. The highest BCUT2D eigenvalue weighted by Gasteiger charge is 2.89. The summed E-state index contributed by atoms with van der Waals surface area (Å²) in [6, 6.07) is 0.959. The molecule has 0 aromatic rings. The maximum absolute atomic E-state index is 8.49. The van der Waals surface area contributed by atoms with E-state index in [4.69, 9.17) is 53.5 Å². The van der Waals surface area contributed by atoms with Crippen LogP contribution >= 0.6 is 0 Å². The average molecular weight is 1030 g/mol. The molecular weight excluding hydrogens is 953 g/mol. The molecule has 13 aliphatic rings. The molecule has 0 amide bonds. The molecule has 13 fully saturated rings. The van der Waals surface area contributed by atoms with Crippen molar-refractivity contribution in [2.45, 2.75) is 257 Å². The molecule has 13 rings (SSSR count). The first-order valence-electron chi connectivity index (χ1n) is 26.6. The molecule has 6 heterocycles. The van der Waals surface area contributed by atoms with Crippen LogP contribution in [0.4, 0.5) is 0 Å². The van der Waals surface area contributed by atoms with Crippen molar-refractivity contribution in [1.29, 1.82) is 0 Å². The van der Waals surface area contributed by atoms with Gasteiger partial charge in [0.25, 0.3) is 0 Å². The molecule has 0 spiro atoms. The third kappa shape index (κ3) is 7.78. The summed E-state index contributed by atoms with van der Waals surface area (Å²) in [6.07, 6.45) is 31.1. The van der Waals surface area contributed by atoms with Gasteiger partial charge >= 0.3 is 70.7 Å². The lowest BCUT2D eigenvalue weighted by atomic mass is 10.4. The van der Waals surface area contributed by atoms with E-state index in [1.807, 2.05) is 0 Å². The smallest absolute Gasteiger partial charge is 0.395 e. The lowest BCUT2D eigenvalue weighted by Crippen LogP contribution is -2.91. The van der Waals surface area contributed by atoms with Crippen LogP contribution in [0.3, 0.4) is 0 Å². The summed E-state index contributed by atoms with van der Waals surface area (Å²) in [7, 11) is -34.8. The summed E-state index contributed by atoms with van der Waals surface area (Å²) in [4.78, 5) is 0. The highest BCUT2D eigenvalue weighted by atomic mass is 28.6. The maximum Gasteiger partial charge on any atom is 0.646 e. The zero-order valence-corrected chi connectivity index (χ0v) is 47.8. The van der Waals surface area contributed by atoms with Gasteiger partial charge in [0.2, 0.25) is 0 Å². The van der Waals surface area contributed by atoms with E-state index in [9.17, 15) is 0 Å². The van der Waals surface area contributed by atoms with E-state index in [-0.39, 0.29) is 38.8 Å². The monoisotopic (exact) mass is 1030 g/mol. The number of rotatable bonds is 12. The average Bonchev–Trinajstić information content (AvgIpc) is 4.08. The van der Waals surface area contributed by atoms with Crippen molar-refractivity contribution in [3.8, 4) is 0 Å². The quantitative estimate of drug-likeness (QED) is 0.173. The van der Waals surface area contributed by atoms with Gasteiger partial charge in [-0.05, 0) is 109 Å². The van der Waals surface area contributed by atoms with Crippen LogP contribution in [-0.2, 0) is 53.5 Å².